The molecule has 1 unspecified atom stereocenters. The highest BCUT2D eigenvalue weighted by Crippen LogP contribution is 2.64. The van der Waals surface area contributed by atoms with Crippen molar-refractivity contribution in [2.24, 2.45) is 5.92 Å². The minimum absolute atomic E-state index is 0.000332. The zero-order valence-corrected chi connectivity index (χ0v) is 31.3. The number of anilines is 1. The SMILES string of the molecule is CC(C)C(=O)Nc1nc2c(ncn2[C@@H]2O[C@@H]3COS(C(C)C)(C(C)C)O[Si](C(C)C)(C(C)C)O[C@@H]3C2OC(=S)n2ccnc2)c(=O)[nH]1. The Morgan fingerprint density at radius 1 is 1.11 bits per heavy atom. The molecule has 0 saturated carbocycles. The van der Waals surface area contributed by atoms with E-state index < -0.39 is 49.2 Å². The maximum absolute atomic E-state index is 13.1. The van der Waals surface area contributed by atoms with Gasteiger partial charge in [-0.25, -0.2) is 9.97 Å². The number of hydrogen-bond acceptors (Lipinski definition) is 11. The fourth-order valence-corrected chi connectivity index (χ4v) is 15.9. The van der Waals surface area contributed by atoms with Crippen molar-refractivity contribution in [1.82, 2.24) is 29.1 Å². The van der Waals surface area contributed by atoms with Crippen LogP contribution >= 0.6 is 22.8 Å². The third-order valence-corrected chi connectivity index (χ3v) is 18.0. The van der Waals surface area contributed by atoms with Crippen LogP contribution in [0.2, 0.25) is 11.1 Å². The van der Waals surface area contributed by atoms with Gasteiger partial charge in [-0.05, 0) is 51.0 Å². The van der Waals surface area contributed by atoms with E-state index in [-0.39, 0.29) is 62.3 Å². The molecule has 0 aromatic carbocycles. The van der Waals surface area contributed by atoms with Crippen LogP contribution in [-0.4, -0.2) is 84.1 Å². The number of rotatable bonds is 8. The predicted octanol–water partition coefficient (Wildman–Crippen LogP) is 5.17. The Morgan fingerprint density at radius 2 is 1.79 bits per heavy atom. The van der Waals surface area contributed by atoms with Crippen molar-refractivity contribution in [3.63, 3.8) is 0 Å². The van der Waals surface area contributed by atoms with Gasteiger partial charge in [-0.1, -0.05) is 41.5 Å². The predicted molar refractivity (Wildman–Crippen MR) is 186 cm³/mol. The molecule has 14 nitrogen and oxygen atoms in total. The zero-order valence-electron chi connectivity index (χ0n) is 28.6. The number of carbonyl (C=O) groups excluding carboxylic acids is 1. The van der Waals surface area contributed by atoms with Gasteiger partial charge in [0.15, 0.2) is 23.5 Å². The molecule has 5 heterocycles. The van der Waals surface area contributed by atoms with Crippen molar-refractivity contribution in [2.45, 2.75) is 115 Å². The zero-order chi connectivity index (χ0) is 34.4. The molecule has 260 valence electrons. The molecule has 17 heteroatoms. The van der Waals surface area contributed by atoms with Gasteiger partial charge in [0.2, 0.25) is 11.9 Å². The van der Waals surface area contributed by atoms with Crippen LogP contribution in [0.5, 0.6) is 0 Å². The molecule has 3 aromatic heterocycles. The van der Waals surface area contributed by atoms with E-state index in [1.54, 1.807) is 41.7 Å². The lowest BCUT2D eigenvalue weighted by Crippen LogP contribution is -2.58. The first-order valence-electron chi connectivity index (χ1n) is 16.1. The number of H-pyrrole nitrogens is 1. The van der Waals surface area contributed by atoms with E-state index in [4.69, 9.17) is 34.2 Å². The summed E-state index contributed by atoms with van der Waals surface area (Å²) in [6.45, 7) is 20.8. The fourth-order valence-electron chi connectivity index (χ4n) is 6.08. The number of aromatic amines is 1. The van der Waals surface area contributed by atoms with Gasteiger partial charge in [0.25, 0.3) is 10.7 Å². The normalized spacial score (nSPS) is 24.9. The summed E-state index contributed by atoms with van der Waals surface area (Å²) in [5.41, 5.74) is -0.128. The van der Waals surface area contributed by atoms with Gasteiger partial charge < -0.3 is 13.9 Å². The van der Waals surface area contributed by atoms with Crippen molar-refractivity contribution in [3.8, 4) is 0 Å². The molecule has 0 radical (unpaired) electrons. The number of fused-ring (bicyclic) bond motifs is 2. The summed E-state index contributed by atoms with van der Waals surface area (Å²) in [5.74, 6) is -0.620. The molecule has 0 bridgehead atoms. The molecule has 1 amide bonds. The number of imidazole rings is 2. The Bertz CT molecular complexity index is 1630. The maximum atomic E-state index is 13.1. The number of thiocarbonyl (C=S) groups is 1. The van der Waals surface area contributed by atoms with E-state index in [9.17, 15) is 9.59 Å². The summed E-state index contributed by atoms with van der Waals surface area (Å²) in [5, 5.41) is 3.00. The van der Waals surface area contributed by atoms with Gasteiger partial charge in [0.05, 0.1) is 6.33 Å². The molecular formula is C30H47N7O7S2Si. The van der Waals surface area contributed by atoms with Gasteiger partial charge >= 0.3 is 8.56 Å². The van der Waals surface area contributed by atoms with Crippen LogP contribution in [0.3, 0.4) is 0 Å². The second kappa shape index (κ2) is 13.7. The molecular weight excluding hydrogens is 663 g/mol. The quantitative estimate of drug-likeness (QED) is 0.235. The Labute approximate surface area is 283 Å². The Hall–Kier alpha value is -2.67. The molecule has 2 N–H and O–H groups in total. The molecule has 2 saturated heterocycles. The number of nitrogens with one attached hydrogen (secondary N) is 2. The average molecular weight is 710 g/mol. The first-order chi connectivity index (χ1) is 22.1. The largest absolute Gasteiger partial charge is 0.459 e. The van der Waals surface area contributed by atoms with Crippen LogP contribution in [0.4, 0.5) is 5.95 Å². The first-order valence-corrected chi connectivity index (χ1v) is 20.1. The summed E-state index contributed by atoms with van der Waals surface area (Å²) in [7, 11) is -5.17. The van der Waals surface area contributed by atoms with Gasteiger partial charge in [0.1, 0.15) is 25.1 Å². The summed E-state index contributed by atoms with van der Waals surface area (Å²) >= 11 is 5.72. The van der Waals surface area contributed by atoms with Gasteiger partial charge in [0, 0.05) is 28.8 Å². The molecule has 3 aromatic rings. The van der Waals surface area contributed by atoms with Crippen LogP contribution in [0.1, 0.15) is 75.5 Å². The number of nitrogens with zero attached hydrogens (tertiary/aromatic N) is 5. The smallest absolute Gasteiger partial charge is 0.367 e. The van der Waals surface area contributed by atoms with Gasteiger partial charge in [-0.15, -0.1) is 0 Å². The first kappa shape index (κ1) is 35.6. The average Bonchev–Trinajstić information content (AvgIpc) is 3.73. The summed E-state index contributed by atoms with van der Waals surface area (Å²) < 4.78 is 38.1. The van der Waals surface area contributed by atoms with E-state index in [2.05, 4.69) is 80.6 Å². The van der Waals surface area contributed by atoms with Gasteiger partial charge in [-0.2, -0.15) is 15.6 Å². The monoisotopic (exact) mass is 709 g/mol. The van der Waals surface area contributed by atoms with E-state index in [0.717, 1.165) is 0 Å². The van der Waals surface area contributed by atoms with Gasteiger partial charge in [-0.3, -0.25) is 37.1 Å². The lowest BCUT2D eigenvalue weighted by molar-refractivity contribution is -0.118. The van der Waals surface area contributed by atoms with Crippen LogP contribution < -0.4 is 10.9 Å². The molecule has 4 atom stereocenters. The topological polar surface area (TPSA) is 157 Å². The van der Waals surface area contributed by atoms with Crippen molar-refractivity contribution in [2.75, 3.05) is 11.9 Å². The number of ether oxygens (including phenoxy) is 2. The van der Waals surface area contributed by atoms with Crippen LogP contribution in [0.15, 0.2) is 29.8 Å². The molecule has 0 spiro atoms. The van der Waals surface area contributed by atoms with E-state index in [1.165, 1.54) is 6.33 Å². The summed E-state index contributed by atoms with van der Waals surface area (Å²) in [4.78, 5) is 41.2. The fraction of sp³-hybridized carbons (Fsp3) is 0.667. The number of carbonyl (C=O) groups is 1. The van der Waals surface area contributed by atoms with Crippen molar-refractivity contribution >= 4 is 59.6 Å². The lowest BCUT2D eigenvalue weighted by atomic mass is 10.1. The summed E-state index contributed by atoms with van der Waals surface area (Å²) in [6.07, 6.45) is 3.34. The molecule has 47 heavy (non-hydrogen) atoms. The molecule has 2 fully saturated rings. The maximum Gasteiger partial charge on any atom is 0.367 e. The van der Waals surface area contributed by atoms with E-state index >= 15 is 0 Å². The minimum Gasteiger partial charge on any atom is -0.459 e. The second-order valence-electron chi connectivity index (χ2n) is 13.4. The number of aromatic nitrogens is 6. The standard InChI is InChI=1S/C30H47N7O7S2Si/c1-16(2)26(38)34-29-33-25-22(27(39)35-29)32-15-37(25)28-24(42-30(45)36-12-11-31-14-36)23-21(41-28)13-40-46(17(3)4,18(5)6)44-47(43-23,19(7)8)20(9)10/h11-12,14-21,23-24,28H,13H2,1-10H3,(H2,33,34,35,38,39)/t21-,23+,24?,28-/m1/s1. The third-order valence-electron chi connectivity index (χ3n) is 8.63. The second-order valence-corrected chi connectivity index (χ2v) is 21.7. The van der Waals surface area contributed by atoms with Crippen LogP contribution in [-0.2, 0) is 26.7 Å². The summed E-state index contributed by atoms with van der Waals surface area (Å²) in [6, 6.07) is 0. The third kappa shape index (κ3) is 6.55. The minimum atomic E-state index is -3.09. The van der Waals surface area contributed by atoms with Crippen molar-refractivity contribution in [1.29, 1.82) is 0 Å². The molecule has 2 aliphatic heterocycles. The Morgan fingerprint density at radius 3 is 2.36 bits per heavy atom. The van der Waals surface area contributed by atoms with Crippen molar-refractivity contribution < 1.29 is 26.7 Å². The van der Waals surface area contributed by atoms with E-state index in [0.29, 0.717) is 0 Å². The van der Waals surface area contributed by atoms with Crippen LogP contribution in [0, 0.1) is 5.92 Å². The van der Waals surface area contributed by atoms with Crippen molar-refractivity contribution in [3.05, 3.63) is 35.4 Å². The highest BCUT2D eigenvalue weighted by atomic mass is 32.3. The Balaban J connectivity index is 1.65. The van der Waals surface area contributed by atoms with E-state index in [1.807, 2.05) is 0 Å². The molecule has 2 aliphatic rings. The number of hydrogen-bond donors (Lipinski definition) is 2. The molecule has 5 rings (SSSR count). The highest BCUT2D eigenvalue weighted by molar-refractivity contribution is 8.27. The highest BCUT2D eigenvalue weighted by Gasteiger charge is 2.60. The van der Waals surface area contributed by atoms with Crippen LogP contribution in [0.25, 0.3) is 11.2 Å². The number of amides is 1. The Kier molecular flexibility index (Phi) is 10.4. The lowest BCUT2D eigenvalue weighted by Gasteiger charge is -2.58. The molecule has 0 aliphatic carbocycles.